The summed E-state index contributed by atoms with van der Waals surface area (Å²) in [5.41, 5.74) is -1.55. The van der Waals surface area contributed by atoms with Crippen LogP contribution in [0.15, 0.2) is 0 Å². The molecule has 4 heterocycles. The normalized spacial score (nSPS) is 31.9. The van der Waals surface area contributed by atoms with Gasteiger partial charge in [-0.2, -0.15) is 13.2 Å². The largest absolute Gasteiger partial charge is 0.393 e. The van der Waals surface area contributed by atoms with Gasteiger partial charge in [0.05, 0.1) is 38.6 Å². The maximum atomic E-state index is 15.7. The third-order valence-corrected chi connectivity index (χ3v) is 24.7. The number of likely N-dealkylation sites (N-methyl/N-ethyl adjacent to an activating group) is 6. The van der Waals surface area contributed by atoms with Crippen LogP contribution in [0.25, 0.3) is 0 Å². The number of ether oxygens (including phenoxy) is 1. The second-order valence-corrected chi connectivity index (χ2v) is 32.4. The van der Waals surface area contributed by atoms with Gasteiger partial charge in [0.2, 0.25) is 70.9 Å². The zero-order valence-electron chi connectivity index (χ0n) is 63.0. The minimum Gasteiger partial charge on any atom is -0.378 e. The minimum absolute atomic E-state index is 0.0191. The van der Waals surface area contributed by atoms with Gasteiger partial charge >= 0.3 is 6.18 Å². The molecule has 3 unspecified atom stereocenters. The molecular weight excluding hydrogens is 1380 g/mol. The Kier molecular flexibility index (Phi) is 29.6. The SMILES string of the molecule is CC[C@H](C)[C@@H]1NC(=O)[C@H](CC(C)C)N(C)C(=O)C[C@@H](C(=O)N2CCOCC2)N(C)C(=O)[C@H](C2CCCC2)N(C)C(=O)C2(CCC2)NC(=O)[C@@H]2CCCN2C(=O)[C@H](CCC2CCC(C(F)(F)F)C(Cl)C2)NC(=O)CN(C)C(=O)[C@H](CC2CCC(F)CC2)N2CCCCC[C@@H](C2=O)N(C)C(=O)CN(C)C1=O. The van der Waals surface area contributed by atoms with E-state index in [0.29, 0.717) is 64.2 Å². The van der Waals surface area contributed by atoms with Crippen molar-refractivity contribution in [3.05, 3.63) is 0 Å². The number of rotatable bonds is 11. The highest BCUT2D eigenvalue weighted by Gasteiger charge is 2.54. The van der Waals surface area contributed by atoms with Crippen LogP contribution in [-0.4, -0.2) is 281 Å². The van der Waals surface area contributed by atoms with E-state index in [0.717, 1.165) is 17.7 Å². The molecule has 4 saturated carbocycles. The summed E-state index contributed by atoms with van der Waals surface area (Å²) < 4.78 is 62.5. The van der Waals surface area contributed by atoms with Gasteiger partial charge in [0.1, 0.15) is 60.0 Å². The van der Waals surface area contributed by atoms with Gasteiger partial charge in [0.25, 0.3) is 0 Å². The first-order chi connectivity index (χ1) is 49.2. The van der Waals surface area contributed by atoms with Crippen LogP contribution in [-0.2, 0) is 62.3 Å². The first kappa shape index (κ1) is 83.3. The molecule has 0 aromatic carbocycles. The van der Waals surface area contributed by atoms with Crippen LogP contribution < -0.4 is 16.0 Å². The maximum absolute atomic E-state index is 15.7. The smallest absolute Gasteiger partial charge is 0.378 e. The van der Waals surface area contributed by atoms with Crippen molar-refractivity contribution in [2.75, 3.05) is 94.8 Å². The molecule has 0 aromatic rings. The Labute approximate surface area is 616 Å². The number of nitrogens with one attached hydrogen (secondary N) is 3. The first-order valence-corrected chi connectivity index (χ1v) is 38.9. The second kappa shape index (κ2) is 36.9. The molecule has 1 spiro atoms. The molecule has 25 nitrogen and oxygen atoms in total. The van der Waals surface area contributed by atoms with Crippen LogP contribution >= 0.6 is 11.6 Å². The average molecular weight is 1490 g/mol. The maximum Gasteiger partial charge on any atom is 0.393 e. The van der Waals surface area contributed by atoms with Gasteiger partial charge in [-0.25, -0.2) is 4.39 Å². The van der Waals surface area contributed by atoms with E-state index in [2.05, 4.69) is 16.0 Å². The van der Waals surface area contributed by atoms with Crippen LogP contribution in [0.1, 0.15) is 195 Å². The standard InChI is InChI=1S/C74H117ClF4N12O13/c1-11-46(4)62-70(101)84(6)44-61(94)85(7)55-21-13-12-16-33-91(69(55)100)58(41-48-23-27-50(76)28-24-48)67(98)83(5)43-59(92)80-53(30-26-47-25-29-51(52(75)40-47)74(77,78)79)66(97)90-34-17-22-54(90)65(96)82-73(31-18-32-73)72(103)88(10)63(49-19-14-15-20-49)71(102)87(9)57(68(99)89-35-37-104-38-36-89)42-60(93)86(8)56(39-45(2)3)64(95)81-62/h45-58,62-63H,11-44H2,1-10H3,(H,80,92)(H,81,95)(H,82,96)/t46-,47?,48?,50?,51?,52?,53-,54-,55-,56-,57-,58-,62-,63-/m0/s1. The number of halogens is 5. The van der Waals surface area contributed by atoms with Crippen molar-refractivity contribution < 1.29 is 79.8 Å². The summed E-state index contributed by atoms with van der Waals surface area (Å²) in [6, 6.07) is -9.97. The fourth-order valence-corrected chi connectivity index (χ4v) is 17.7. The monoisotopic (exact) mass is 1490 g/mol. The molecule has 2 bridgehead atoms. The lowest BCUT2D eigenvalue weighted by atomic mass is 9.74. The molecule has 3 N–H and O–H groups in total. The van der Waals surface area contributed by atoms with E-state index in [-0.39, 0.29) is 141 Å². The van der Waals surface area contributed by atoms with Crippen molar-refractivity contribution in [3.63, 3.8) is 0 Å². The highest BCUT2D eigenvalue weighted by Crippen LogP contribution is 2.44. The molecule has 8 rings (SSSR count). The number of carbonyl (C=O) groups is 12. The molecule has 0 aromatic heterocycles. The van der Waals surface area contributed by atoms with E-state index >= 15 is 38.4 Å². The fourth-order valence-electron chi connectivity index (χ4n) is 17.2. The number of hydrogen-bond acceptors (Lipinski definition) is 13. The highest BCUT2D eigenvalue weighted by atomic mass is 35.5. The van der Waals surface area contributed by atoms with E-state index in [1.165, 1.54) is 81.5 Å². The number of nitrogens with zero attached hydrogens (tertiary/aromatic N) is 9. The third kappa shape index (κ3) is 20.2. The second-order valence-electron chi connectivity index (χ2n) is 31.8. The van der Waals surface area contributed by atoms with E-state index in [4.69, 9.17) is 16.3 Å². The Bertz CT molecular complexity index is 3060. The molecule has 4 saturated heterocycles. The molecule has 4 aliphatic carbocycles. The zero-order valence-corrected chi connectivity index (χ0v) is 63.8. The number of morpholine rings is 1. The summed E-state index contributed by atoms with van der Waals surface area (Å²) in [6.07, 6.45) is 1.34. The van der Waals surface area contributed by atoms with Crippen molar-refractivity contribution >= 4 is 82.5 Å². The Morgan fingerprint density at radius 2 is 1.23 bits per heavy atom. The Balaban J connectivity index is 1.17. The lowest BCUT2D eigenvalue weighted by molar-refractivity contribution is -0.182. The molecule has 12 atom stereocenters. The van der Waals surface area contributed by atoms with E-state index < -0.39 is 180 Å². The van der Waals surface area contributed by atoms with Gasteiger partial charge in [-0.05, 0) is 158 Å². The molecule has 0 radical (unpaired) electrons. The third-order valence-electron chi connectivity index (χ3n) is 24.2. The van der Waals surface area contributed by atoms with E-state index in [9.17, 15) is 36.7 Å². The molecule has 8 aliphatic rings. The summed E-state index contributed by atoms with van der Waals surface area (Å²) in [7, 11) is 8.59. The Morgan fingerprint density at radius 3 is 1.85 bits per heavy atom. The van der Waals surface area contributed by atoms with Crippen molar-refractivity contribution in [2.45, 2.75) is 266 Å². The van der Waals surface area contributed by atoms with Crippen LogP contribution in [0.5, 0.6) is 0 Å². The quantitative estimate of drug-likeness (QED) is 0.163. The summed E-state index contributed by atoms with van der Waals surface area (Å²) in [5, 5.41) is 7.54. The lowest BCUT2D eigenvalue weighted by Crippen LogP contribution is -2.68. The molecule has 4 aliphatic heterocycles. The van der Waals surface area contributed by atoms with Gasteiger partial charge in [-0.3, -0.25) is 57.5 Å². The lowest BCUT2D eigenvalue weighted by Gasteiger charge is -2.47. The van der Waals surface area contributed by atoms with E-state index in [1.807, 2.05) is 20.8 Å². The number of amides is 12. The predicted molar refractivity (Wildman–Crippen MR) is 379 cm³/mol. The summed E-state index contributed by atoms with van der Waals surface area (Å²) in [6.45, 7) is 6.96. The molecule has 104 heavy (non-hydrogen) atoms. The molecule has 586 valence electrons. The van der Waals surface area contributed by atoms with Crippen LogP contribution in [0.3, 0.4) is 0 Å². The van der Waals surface area contributed by atoms with Gasteiger partial charge < -0.3 is 64.8 Å². The topological polar surface area (TPSA) is 279 Å². The van der Waals surface area contributed by atoms with Crippen LogP contribution in [0.2, 0.25) is 0 Å². The predicted octanol–water partition coefficient (Wildman–Crippen LogP) is 5.81. The van der Waals surface area contributed by atoms with Crippen molar-refractivity contribution in [1.29, 1.82) is 0 Å². The molecular formula is C74H117ClF4N12O13. The van der Waals surface area contributed by atoms with Crippen LogP contribution in [0, 0.1) is 35.5 Å². The van der Waals surface area contributed by atoms with Crippen LogP contribution in [0.4, 0.5) is 17.6 Å². The van der Waals surface area contributed by atoms with Crippen molar-refractivity contribution in [2.24, 2.45) is 35.5 Å². The van der Waals surface area contributed by atoms with E-state index in [1.54, 1.807) is 6.92 Å². The number of carbonyl (C=O) groups excluding carboxylic acids is 12. The van der Waals surface area contributed by atoms with Gasteiger partial charge in [-0.1, -0.05) is 59.8 Å². The van der Waals surface area contributed by atoms with Crippen molar-refractivity contribution in [3.8, 4) is 0 Å². The first-order valence-electron chi connectivity index (χ1n) is 38.5. The molecule has 30 heteroatoms. The number of fused-ring (bicyclic) bond motifs is 3. The summed E-state index contributed by atoms with van der Waals surface area (Å²) in [5.74, 6) is -11.2. The summed E-state index contributed by atoms with van der Waals surface area (Å²) in [4.78, 5) is 193. The number of hydrogen-bond donors (Lipinski definition) is 3. The Morgan fingerprint density at radius 1 is 0.606 bits per heavy atom. The number of alkyl halides is 5. The Hall–Kier alpha value is -6.39. The zero-order chi connectivity index (χ0) is 76.2. The van der Waals surface area contributed by atoms with Gasteiger partial charge in [-0.15, -0.1) is 11.6 Å². The summed E-state index contributed by atoms with van der Waals surface area (Å²) >= 11 is 6.42. The van der Waals surface area contributed by atoms with Gasteiger partial charge in [0, 0.05) is 73.8 Å². The fraction of sp³-hybridized carbons (Fsp3) is 0.838. The average Bonchev–Trinajstić information content (AvgIpc) is 1.09. The minimum atomic E-state index is -4.52. The van der Waals surface area contributed by atoms with Crippen molar-refractivity contribution in [1.82, 2.24) is 60.0 Å². The molecule has 12 amide bonds. The van der Waals surface area contributed by atoms with Gasteiger partial charge in [0.15, 0.2) is 0 Å². The highest BCUT2D eigenvalue weighted by molar-refractivity contribution is 6.21. The molecule has 8 fully saturated rings.